The topological polar surface area (TPSA) is 111 Å². The molecule has 29 heavy (non-hydrogen) atoms. The van der Waals surface area contributed by atoms with Crippen LogP contribution < -0.4 is 10.6 Å². The molecule has 0 saturated heterocycles. The number of hydrogen-bond donors (Lipinski definition) is 2. The standard InChI is InChI=1S/C20H19ClN2O6/c1-10-7-11(2)16(14(21)8-10)23-18(25)17(24)22-15-9-12(19(26)28-3)5-6-13(15)20(27)29-4/h5-9H,1-4H3,(H,22,24)(H,23,25). The van der Waals surface area contributed by atoms with Crippen molar-refractivity contribution >= 4 is 46.7 Å². The third-order valence-corrected chi connectivity index (χ3v) is 4.27. The Kier molecular flexibility index (Phi) is 6.95. The molecule has 0 saturated carbocycles. The third-order valence-electron chi connectivity index (χ3n) is 3.97. The van der Waals surface area contributed by atoms with Crippen LogP contribution in [0.3, 0.4) is 0 Å². The van der Waals surface area contributed by atoms with Crippen LogP contribution in [0, 0.1) is 13.8 Å². The minimum atomic E-state index is -1.06. The van der Waals surface area contributed by atoms with Crippen LogP contribution in [0.4, 0.5) is 11.4 Å². The second kappa shape index (κ2) is 9.20. The fraction of sp³-hybridized carbons (Fsp3) is 0.200. The first kappa shape index (κ1) is 21.9. The smallest absolute Gasteiger partial charge is 0.339 e. The normalized spacial score (nSPS) is 10.1. The van der Waals surface area contributed by atoms with Crippen LogP contribution in [-0.4, -0.2) is 38.0 Å². The van der Waals surface area contributed by atoms with Gasteiger partial charge in [0.25, 0.3) is 0 Å². The predicted molar refractivity (Wildman–Crippen MR) is 107 cm³/mol. The summed E-state index contributed by atoms with van der Waals surface area (Å²) in [5.74, 6) is -3.50. The highest BCUT2D eigenvalue weighted by Crippen LogP contribution is 2.27. The fourth-order valence-electron chi connectivity index (χ4n) is 2.60. The van der Waals surface area contributed by atoms with Crippen LogP contribution in [0.15, 0.2) is 30.3 Å². The van der Waals surface area contributed by atoms with Gasteiger partial charge in [-0.2, -0.15) is 0 Å². The SMILES string of the molecule is COC(=O)c1ccc(C(=O)OC)c(NC(=O)C(=O)Nc2c(C)cc(C)cc2Cl)c1. The second-order valence-electron chi connectivity index (χ2n) is 6.09. The van der Waals surface area contributed by atoms with Gasteiger partial charge in [-0.15, -0.1) is 0 Å². The summed E-state index contributed by atoms with van der Waals surface area (Å²) in [6.45, 7) is 3.58. The highest BCUT2D eigenvalue weighted by Gasteiger charge is 2.21. The molecule has 0 aromatic heterocycles. The van der Waals surface area contributed by atoms with Crippen molar-refractivity contribution in [2.24, 2.45) is 0 Å². The number of carbonyl (C=O) groups is 4. The summed E-state index contributed by atoms with van der Waals surface area (Å²) in [4.78, 5) is 48.4. The Balaban J connectivity index is 2.30. The lowest BCUT2D eigenvalue weighted by Crippen LogP contribution is -2.30. The van der Waals surface area contributed by atoms with Gasteiger partial charge in [-0.05, 0) is 49.2 Å². The van der Waals surface area contributed by atoms with Crippen molar-refractivity contribution in [1.82, 2.24) is 0 Å². The molecule has 0 aliphatic rings. The summed E-state index contributed by atoms with van der Waals surface area (Å²) >= 11 is 6.14. The van der Waals surface area contributed by atoms with E-state index in [0.717, 1.165) is 12.7 Å². The van der Waals surface area contributed by atoms with Crippen molar-refractivity contribution in [2.75, 3.05) is 24.9 Å². The lowest BCUT2D eigenvalue weighted by molar-refractivity contribution is -0.133. The molecule has 2 aromatic carbocycles. The van der Waals surface area contributed by atoms with E-state index in [1.807, 2.05) is 6.92 Å². The molecule has 9 heteroatoms. The zero-order valence-corrected chi connectivity index (χ0v) is 17.0. The monoisotopic (exact) mass is 418 g/mol. The van der Waals surface area contributed by atoms with Crippen molar-refractivity contribution < 1.29 is 28.7 Å². The van der Waals surface area contributed by atoms with Gasteiger partial charge in [0, 0.05) is 0 Å². The molecule has 0 heterocycles. The van der Waals surface area contributed by atoms with Gasteiger partial charge < -0.3 is 20.1 Å². The summed E-state index contributed by atoms with van der Waals surface area (Å²) in [5, 5.41) is 5.04. The van der Waals surface area contributed by atoms with Crippen LogP contribution in [0.2, 0.25) is 5.02 Å². The first-order valence-electron chi connectivity index (χ1n) is 8.37. The highest BCUT2D eigenvalue weighted by atomic mass is 35.5. The number of hydrogen-bond acceptors (Lipinski definition) is 6. The van der Waals surface area contributed by atoms with Crippen molar-refractivity contribution in [3.05, 3.63) is 57.6 Å². The number of rotatable bonds is 4. The molecule has 0 unspecified atom stereocenters. The van der Waals surface area contributed by atoms with E-state index in [4.69, 9.17) is 11.6 Å². The Hall–Kier alpha value is -3.39. The first-order chi connectivity index (χ1) is 13.7. The average molecular weight is 419 g/mol. The number of esters is 2. The first-order valence-corrected chi connectivity index (χ1v) is 8.75. The van der Waals surface area contributed by atoms with E-state index in [0.29, 0.717) is 11.3 Å². The van der Waals surface area contributed by atoms with Crippen molar-refractivity contribution in [3.63, 3.8) is 0 Å². The lowest BCUT2D eigenvalue weighted by atomic mass is 10.1. The number of amides is 2. The number of carbonyl (C=O) groups excluding carboxylic acids is 4. The number of methoxy groups -OCH3 is 2. The fourth-order valence-corrected chi connectivity index (χ4v) is 2.97. The summed E-state index contributed by atoms with van der Waals surface area (Å²) in [6.07, 6.45) is 0. The maximum absolute atomic E-state index is 12.4. The quantitative estimate of drug-likeness (QED) is 0.583. The highest BCUT2D eigenvalue weighted by molar-refractivity contribution is 6.45. The van der Waals surface area contributed by atoms with Gasteiger partial charge in [-0.1, -0.05) is 17.7 Å². The molecule has 0 radical (unpaired) electrons. The molecule has 0 aliphatic heterocycles. The number of anilines is 2. The zero-order valence-electron chi connectivity index (χ0n) is 16.2. The molecule has 2 amide bonds. The number of benzene rings is 2. The van der Waals surface area contributed by atoms with E-state index < -0.39 is 23.8 Å². The Bertz CT molecular complexity index is 979. The van der Waals surface area contributed by atoms with Gasteiger partial charge >= 0.3 is 23.8 Å². The largest absolute Gasteiger partial charge is 0.465 e. The Morgan fingerprint density at radius 3 is 2.07 bits per heavy atom. The van der Waals surface area contributed by atoms with Crippen LogP contribution in [0.25, 0.3) is 0 Å². The van der Waals surface area contributed by atoms with Gasteiger partial charge in [0.05, 0.1) is 41.7 Å². The minimum absolute atomic E-state index is 0.0362. The molecule has 2 aromatic rings. The molecule has 0 fully saturated rings. The van der Waals surface area contributed by atoms with E-state index in [1.54, 1.807) is 19.1 Å². The molecule has 0 spiro atoms. The third kappa shape index (κ3) is 5.11. The summed E-state index contributed by atoms with van der Waals surface area (Å²) in [7, 11) is 2.35. The maximum atomic E-state index is 12.4. The number of halogens is 1. The van der Waals surface area contributed by atoms with Crippen LogP contribution in [0.1, 0.15) is 31.8 Å². The molecule has 0 bridgehead atoms. The van der Waals surface area contributed by atoms with E-state index in [1.165, 1.54) is 25.3 Å². The Morgan fingerprint density at radius 2 is 1.48 bits per heavy atom. The molecule has 2 N–H and O–H groups in total. The number of ether oxygens (including phenoxy) is 2. The lowest BCUT2D eigenvalue weighted by Gasteiger charge is -2.13. The van der Waals surface area contributed by atoms with Crippen molar-refractivity contribution in [2.45, 2.75) is 13.8 Å². The minimum Gasteiger partial charge on any atom is -0.465 e. The summed E-state index contributed by atoms with van der Waals surface area (Å²) < 4.78 is 9.28. The zero-order chi connectivity index (χ0) is 21.7. The van der Waals surface area contributed by atoms with E-state index in [-0.39, 0.29) is 21.8 Å². The predicted octanol–water partition coefficient (Wildman–Crippen LogP) is 3.11. The van der Waals surface area contributed by atoms with Gasteiger partial charge in [0.1, 0.15) is 0 Å². The molecule has 152 valence electrons. The molecule has 2 rings (SSSR count). The number of aryl methyl sites for hydroxylation is 2. The van der Waals surface area contributed by atoms with E-state index >= 15 is 0 Å². The second-order valence-corrected chi connectivity index (χ2v) is 6.50. The molecule has 8 nitrogen and oxygen atoms in total. The van der Waals surface area contributed by atoms with Gasteiger partial charge in [-0.3, -0.25) is 9.59 Å². The van der Waals surface area contributed by atoms with Crippen LogP contribution in [0.5, 0.6) is 0 Å². The van der Waals surface area contributed by atoms with Crippen molar-refractivity contribution in [3.8, 4) is 0 Å². The molecule has 0 aliphatic carbocycles. The van der Waals surface area contributed by atoms with Gasteiger partial charge in [0.2, 0.25) is 0 Å². The molecular weight excluding hydrogens is 400 g/mol. The van der Waals surface area contributed by atoms with Gasteiger partial charge in [0.15, 0.2) is 0 Å². The van der Waals surface area contributed by atoms with E-state index in [9.17, 15) is 19.2 Å². The average Bonchev–Trinajstić information content (AvgIpc) is 2.69. The number of nitrogens with one attached hydrogen (secondary N) is 2. The summed E-state index contributed by atoms with van der Waals surface area (Å²) in [6, 6.07) is 7.29. The Morgan fingerprint density at radius 1 is 0.862 bits per heavy atom. The van der Waals surface area contributed by atoms with Gasteiger partial charge in [-0.25, -0.2) is 9.59 Å². The van der Waals surface area contributed by atoms with Crippen LogP contribution >= 0.6 is 11.6 Å². The molecular formula is C20H19ClN2O6. The molecule has 0 atom stereocenters. The Labute approximate surface area is 172 Å². The summed E-state index contributed by atoms with van der Waals surface area (Å²) in [5.41, 5.74) is 1.84. The van der Waals surface area contributed by atoms with Crippen LogP contribution in [-0.2, 0) is 19.1 Å². The maximum Gasteiger partial charge on any atom is 0.339 e. The van der Waals surface area contributed by atoms with E-state index in [2.05, 4.69) is 20.1 Å². The van der Waals surface area contributed by atoms with Crippen molar-refractivity contribution in [1.29, 1.82) is 0 Å².